The van der Waals surface area contributed by atoms with Crippen molar-refractivity contribution in [3.05, 3.63) is 34.9 Å². The Morgan fingerprint density at radius 2 is 1.63 bits per heavy atom. The summed E-state index contributed by atoms with van der Waals surface area (Å²) in [4.78, 5) is 35.7. The van der Waals surface area contributed by atoms with E-state index in [-0.39, 0.29) is 11.3 Å². The number of carbonyl (C=O) groups is 3. The van der Waals surface area contributed by atoms with Crippen LogP contribution in [-0.2, 0) is 9.59 Å². The highest BCUT2D eigenvalue weighted by Gasteiger charge is 2.34. The SMILES string of the molecule is CC1=C(C)C(=O)N(c2ccc(O)c(C(=O)O)c2)C1=O. The average Bonchev–Trinajstić information content (AvgIpc) is 2.55. The van der Waals surface area contributed by atoms with Gasteiger partial charge in [0.15, 0.2) is 0 Å². The molecule has 19 heavy (non-hydrogen) atoms. The Labute approximate surface area is 108 Å². The van der Waals surface area contributed by atoms with Gasteiger partial charge in [-0.25, -0.2) is 9.69 Å². The van der Waals surface area contributed by atoms with Gasteiger partial charge in [0.05, 0.1) is 5.69 Å². The molecular formula is C13H11NO5. The van der Waals surface area contributed by atoms with Gasteiger partial charge < -0.3 is 10.2 Å². The monoisotopic (exact) mass is 261 g/mol. The highest BCUT2D eigenvalue weighted by molar-refractivity contribution is 6.32. The number of carboxylic acids is 1. The van der Waals surface area contributed by atoms with Crippen LogP contribution < -0.4 is 4.90 Å². The van der Waals surface area contributed by atoms with Crippen LogP contribution in [0.15, 0.2) is 29.3 Å². The Morgan fingerprint density at radius 3 is 2.11 bits per heavy atom. The first kappa shape index (κ1) is 12.8. The second kappa shape index (κ2) is 4.24. The Hall–Kier alpha value is -2.63. The molecule has 0 atom stereocenters. The van der Waals surface area contributed by atoms with Crippen LogP contribution in [0.5, 0.6) is 5.75 Å². The highest BCUT2D eigenvalue weighted by atomic mass is 16.4. The molecule has 2 N–H and O–H groups in total. The molecule has 0 bridgehead atoms. The van der Waals surface area contributed by atoms with Crippen LogP contribution in [0.4, 0.5) is 5.69 Å². The number of benzene rings is 1. The fourth-order valence-electron chi connectivity index (χ4n) is 1.82. The number of aromatic hydroxyl groups is 1. The molecular weight excluding hydrogens is 250 g/mol. The van der Waals surface area contributed by atoms with Gasteiger partial charge in [0, 0.05) is 11.1 Å². The molecule has 2 amide bonds. The quantitative estimate of drug-likeness (QED) is 0.782. The van der Waals surface area contributed by atoms with Gasteiger partial charge in [-0.1, -0.05) is 0 Å². The van der Waals surface area contributed by atoms with E-state index in [4.69, 9.17) is 5.11 Å². The summed E-state index contributed by atoms with van der Waals surface area (Å²) < 4.78 is 0. The van der Waals surface area contributed by atoms with Crippen LogP contribution in [0.1, 0.15) is 24.2 Å². The van der Waals surface area contributed by atoms with Crippen molar-refractivity contribution in [3.8, 4) is 5.75 Å². The van der Waals surface area contributed by atoms with Crippen molar-refractivity contribution in [2.45, 2.75) is 13.8 Å². The van der Waals surface area contributed by atoms with Gasteiger partial charge in [-0.2, -0.15) is 0 Å². The van der Waals surface area contributed by atoms with Crippen molar-refractivity contribution in [1.29, 1.82) is 0 Å². The zero-order chi connectivity index (χ0) is 14.3. The zero-order valence-electron chi connectivity index (χ0n) is 10.3. The van der Waals surface area contributed by atoms with E-state index >= 15 is 0 Å². The second-order valence-corrected chi connectivity index (χ2v) is 4.20. The number of carboxylic acid groups (broad SMARTS) is 1. The van der Waals surface area contributed by atoms with Gasteiger partial charge in [-0.15, -0.1) is 0 Å². The summed E-state index contributed by atoms with van der Waals surface area (Å²) in [5.41, 5.74) is 0.423. The third-order valence-electron chi connectivity index (χ3n) is 3.08. The second-order valence-electron chi connectivity index (χ2n) is 4.20. The maximum Gasteiger partial charge on any atom is 0.339 e. The van der Waals surface area contributed by atoms with E-state index in [2.05, 4.69) is 0 Å². The topological polar surface area (TPSA) is 94.9 Å². The van der Waals surface area contributed by atoms with E-state index in [0.29, 0.717) is 11.1 Å². The van der Waals surface area contributed by atoms with Gasteiger partial charge >= 0.3 is 5.97 Å². The number of hydrogen-bond acceptors (Lipinski definition) is 4. The number of rotatable bonds is 2. The average molecular weight is 261 g/mol. The third-order valence-corrected chi connectivity index (χ3v) is 3.08. The molecule has 1 aliphatic heterocycles. The molecule has 6 heteroatoms. The van der Waals surface area contributed by atoms with Crippen LogP contribution in [0.3, 0.4) is 0 Å². The minimum Gasteiger partial charge on any atom is -0.507 e. The van der Waals surface area contributed by atoms with Crippen LogP contribution in [0.25, 0.3) is 0 Å². The van der Waals surface area contributed by atoms with Crippen molar-refractivity contribution in [3.63, 3.8) is 0 Å². The molecule has 2 rings (SSSR count). The van der Waals surface area contributed by atoms with E-state index in [1.807, 2.05) is 0 Å². The van der Waals surface area contributed by atoms with Crippen molar-refractivity contribution in [2.75, 3.05) is 4.90 Å². The highest BCUT2D eigenvalue weighted by Crippen LogP contribution is 2.30. The molecule has 98 valence electrons. The van der Waals surface area contributed by atoms with E-state index < -0.39 is 23.5 Å². The van der Waals surface area contributed by atoms with Crippen molar-refractivity contribution >= 4 is 23.5 Å². The predicted molar refractivity (Wildman–Crippen MR) is 65.9 cm³/mol. The molecule has 0 saturated heterocycles. The van der Waals surface area contributed by atoms with E-state index in [9.17, 15) is 19.5 Å². The standard InChI is InChI=1S/C13H11NO5/c1-6-7(2)12(17)14(11(6)16)8-3-4-10(15)9(5-8)13(18)19/h3-5,15H,1-2H3,(H,18,19). The molecule has 0 aliphatic carbocycles. The number of imide groups is 1. The minimum atomic E-state index is -1.33. The summed E-state index contributed by atoms with van der Waals surface area (Å²) in [6.45, 7) is 3.07. The Bertz CT molecular complexity index is 620. The van der Waals surface area contributed by atoms with Crippen LogP contribution in [0, 0.1) is 0 Å². The molecule has 1 aliphatic rings. The summed E-state index contributed by atoms with van der Waals surface area (Å²) in [6, 6.07) is 3.56. The van der Waals surface area contributed by atoms with Gasteiger partial charge in [-0.3, -0.25) is 9.59 Å². The molecule has 1 aromatic rings. The van der Waals surface area contributed by atoms with Gasteiger partial charge in [0.2, 0.25) is 0 Å². The first-order valence-corrected chi connectivity index (χ1v) is 5.47. The number of hydrogen-bond donors (Lipinski definition) is 2. The number of aromatic carboxylic acids is 1. The Balaban J connectivity index is 2.51. The van der Waals surface area contributed by atoms with E-state index in [1.54, 1.807) is 0 Å². The lowest BCUT2D eigenvalue weighted by molar-refractivity contribution is -0.120. The summed E-state index contributed by atoms with van der Waals surface area (Å²) in [5.74, 6) is -2.72. The van der Waals surface area contributed by atoms with Crippen LogP contribution >= 0.6 is 0 Å². The fraction of sp³-hybridized carbons (Fsp3) is 0.154. The lowest BCUT2D eigenvalue weighted by Crippen LogP contribution is -2.31. The Kier molecular flexibility index (Phi) is 2.86. The first-order chi connectivity index (χ1) is 8.84. The molecule has 0 aromatic heterocycles. The maximum absolute atomic E-state index is 11.9. The predicted octanol–water partition coefficient (Wildman–Crippen LogP) is 1.30. The molecule has 0 spiro atoms. The third kappa shape index (κ3) is 1.87. The van der Waals surface area contributed by atoms with Crippen molar-refractivity contribution in [2.24, 2.45) is 0 Å². The number of nitrogens with zero attached hydrogens (tertiary/aromatic N) is 1. The van der Waals surface area contributed by atoms with Crippen LogP contribution in [-0.4, -0.2) is 28.0 Å². The molecule has 0 unspecified atom stereocenters. The smallest absolute Gasteiger partial charge is 0.339 e. The van der Waals surface area contributed by atoms with Gasteiger partial charge in [0.1, 0.15) is 11.3 Å². The summed E-state index contributed by atoms with van der Waals surface area (Å²) in [7, 11) is 0. The summed E-state index contributed by atoms with van der Waals surface area (Å²) in [6.07, 6.45) is 0. The number of phenols is 1. The zero-order valence-corrected chi connectivity index (χ0v) is 10.3. The molecule has 0 saturated carbocycles. The van der Waals surface area contributed by atoms with Crippen molar-refractivity contribution < 1.29 is 24.6 Å². The van der Waals surface area contributed by atoms with Gasteiger partial charge in [-0.05, 0) is 32.0 Å². The molecule has 6 nitrogen and oxygen atoms in total. The number of anilines is 1. The largest absolute Gasteiger partial charge is 0.507 e. The lowest BCUT2D eigenvalue weighted by atomic mass is 10.1. The van der Waals surface area contributed by atoms with Crippen molar-refractivity contribution in [1.82, 2.24) is 0 Å². The summed E-state index contributed by atoms with van der Waals surface area (Å²) in [5, 5.41) is 18.3. The number of carbonyl (C=O) groups excluding carboxylic acids is 2. The maximum atomic E-state index is 11.9. The number of amides is 2. The molecule has 1 aromatic carbocycles. The van der Waals surface area contributed by atoms with E-state index in [1.165, 1.54) is 19.9 Å². The Morgan fingerprint density at radius 1 is 1.11 bits per heavy atom. The fourth-order valence-corrected chi connectivity index (χ4v) is 1.82. The summed E-state index contributed by atoms with van der Waals surface area (Å²) >= 11 is 0. The minimum absolute atomic E-state index is 0.126. The van der Waals surface area contributed by atoms with Gasteiger partial charge in [0.25, 0.3) is 11.8 Å². The lowest BCUT2D eigenvalue weighted by Gasteiger charge is -2.15. The molecule has 0 radical (unpaired) electrons. The molecule has 0 fully saturated rings. The van der Waals surface area contributed by atoms with Crippen LogP contribution in [0.2, 0.25) is 0 Å². The normalized spacial score (nSPS) is 15.4. The first-order valence-electron chi connectivity index (χ1n) is 5.47. The van der Waals surface area contributed by atoms with E-state index in [0.717, 1.165) is 17.0 Å². The molecule has 1 heterocycles.